The summed E-state index contributed by atoms with van der Waals surface area (Å²) in [4.78, 5) is 0. The van der Waals surface area contributed by atoms with Crippen LogP contribution < -0.4 is 30.1 Å². The predicted molar refractivity (Wildman–Crippen MR) is 188 cm³/mol. The number of phenols is 1. The van der Waals surface area contributed by atoms with Crippen LogP contribution in [0.3, 0.4) is 0 Å². The van der Waals surface area contributed by atoms with Gasteiger partial charge in [0.1, 0.15) is 23.0 Å². The summed E-state index contributed by atoms with van der Waals surface area (Å²) in [6.45, 7) is 2.63. The van der Waals surface area contributed by atoms with Gasteiger partial charge in [0.15, 0.2) is 0 Å². The molecule has 0 unspecified atom stereocenters. The van der Waals surface area contributed by atoms with Gasteiger partial charge in [0.25, 0.3) is 0 Å². The van der Waals surface area contributed by atoms with Gasteiger partial charge in [0.2, 0.25) is 0 Å². The third kappa shape index (κ3) is 8.26. The molecule has 0 aliphatic heterocycles. The van der Waals surface area contributed by atoms with Crippen molar-refractivity contribution in [2.45, 2.75) is 45.4 Å². The Labute approximate surface area is 269 Å². The van der Waals surface area contributed by atoms with E-state index in [1.807, 2.05) is 25.1 Å². The Morgan fingerprint density at radius 3 is 1.89 bits per heavy atom. The largest absolute Gasteiger partial charge is 0.508 e. The Morgan fingerprint density at radius 1 is 0.600 bits per heavy atom. The second kappa shape index (κ2) is 16.2. The van der Waals surface area contributed by atoms with E-state index in [9.17, 15) is 5.11 Å². The molecule has 0 amide bonds. The minimum absolute atomic E-state index is 0.287. The molecule has 5 rings (SSSR count). The van der Waals surface area contributed by atoms with Crippen LogP contribution in [0, 0.1) is 6.92 Å². The Kier molecular flexibility index (Phi) is 11.5. The normalized spacial score (nSPS) is 11.0. The van der Waals surface area contributed by atoms with Gasteiger partial charge in [-0.2, -0.15) is 0 Å². The highest BCUT2D eigenvalue weighted by Gasteiger charge is 2.19. The number of methoxy groups -OCH3 is 2. The van der Waals surface area contributed by atoms with Crippen molar-refractivity contribution in [2.75, 3.05) is 20.8 Å². The number of aromatic hydroxyl groups is 1. The maximum absolute atomic E-state index is 10.7. The summed E-state index contributed by atoms with van der Waals surface area (Å²) in [6, 6.07) is 40.4. The van der Waals surface area contributed by atoms with Crippen LogP contribution in [0.2, 0.25) is 0 Å². The lowest BCUT2D eigenvalue weighted by Gasteiger charge is -2.22. The number of benzene rings is 5. The van der Waals surface area contributed by atoms with E-state index in [4.69, 9.17) is 14.2 Å². The molecular formula is C40H43O4P. The molecule has 0 radical (unpaired) electrons. The molecule has 4 nitrogen and oxygen atoms in total. The summed E-state index contributed by atoms with van der Waals surface area (Å²) < 4.78 is 17.1. The zero-order chi connectivity index (χ0) is 31.4. The first-order chi connectivity index (χ1) is 22.1. The molecule has 0 heterocycles. The first-order valence-corrected chi connectivity index (χ1v) is 17.1. The lowest BCUT2D eigenvalue weighted by Crippen LogP contribution is -2.23. The van der Waals surface area contributed by atoms with Gasteiger partial charge in [-0.05, 0) is 98.1 Å². The SMILES string of the molecule is COc1ccc(CCCc2ccc(OCCCCc3ccccc3P(c3ccccc3)c3ccccc3)cc2O)c(OC)c1C. The van der Waals surface area contributed by atoms with Gasteiger partial charge in [-0.1, -0.05) is 97.1 Å². The molecule has 45 heavy (non-hydrogen) atoms. The molecule has 5 aromatic carbocycles. The van der Waals surface area contributed by atoms with Gasteiger partial charge in [-0.25, -0.2) is 0 Å². The third-order valence-electron chi connectivity index (χ3n) is 8.18. The molecule has 0 bridgehead atoms. The van der Waals surface area contributed by atoms with Crippen LogP contribution in [0.1, 0.15) is 41.5 Å². The van der Waals surface area contributed by atoms with Gasteiger partial charge < -0.3 is 19.3 Å². The number of ether oxygens (including phenoxy) is 3. The average molecular weight is 619 g/mol. The van der Waals surface area contributed by atoms with Crippen LogP contribution in [-0.4, -0.2) is 25.9 Å². The number of rotatable bonds is 15. The molecular weight excluding hydrogens is 575 g/mol. The fourth-order valence-corrected chi connectivity index (χ4v) is 8.38. The first kappa shape index (κ1) is 32.1. The molecule has 0 aliphatic rings. The Morgan fingerprint density at radius 2 is 1.22 bits per heavy atom. The number of hydrogen-bond acceptors (Lipinski definition) is 4. The molecule has 0 atom stereocenters. The molecule has 0 fully saturated rings. The van der Waals surface area contributed by atoms with Gasteiger partial charge in [0.05, 0.1) is 20.8 Å². The summed E-state index contributed by atoms with van der Waals surface area (Å²) in [5, 5.41) is 14.9. The van der Waals surface area contributed by atoms with Crippen molar-refractivity contribution in [3.05, 3.63) is 138 Å². The topological polar surface area (TPSA) is 47.9 Å². The Bertz CT molecular complexity index is 1610. The number of phenolic OH excluding ortho intramolecular Hbond substituents is 1. The molecule has 0 saturated carbocycles. The second-order valence-corrected chi connectivity index (χ2v) is 13.4. The monoisotopic (exact) mass is 618 g/mol. The zero-order valence-electron chi connectivity index (χ0n) is 26.5. The van der Waals surface area contributed by atoms with E-state index >= 15 is 0 Å². The molecule has 0 spiro atoms. The van der Waals surface area contributed by atoms with E-state index in [-0.39, 0.29) is 5.75 Å². The molecule has 0 saturated heterocycles. The summed E-state index contributed by atoms with van der Waals surface area (Å²) in [5.41, 5.74) is 4.49. The van der Waals surface area contributed by atoms with Crippen molar-refractivity contribution in [1.82, 2.24) is 0 Å². The lowest BCUT2D eigenvalue weighted by atomic mass is 10.0. The van der Waals surface area contributed by atoms with E-state index in [0.717, 1.165) is 66.7 Å². The van der Waals surface area contributed by atoms with Gasteiger partial charge >= 0.3 is 0 Å². The molecule has 5 aromatic rings. The van der Waals surface area contributed by atoms with Crippen molar-refractivity contribution >= 4 is 23.8 Å². The van der Waals surface area contributed by atoms with E-state index < -0.39 is 7.92 Å². The summed E-state index contributed by atoms with van der Waals surface area (Å²) in [7, 11) is 2.74. The zero-order valence-corrected chi connectivity index (χ0v) is 27.4. The van der Waals surface area contributed by atoms with Crippen LogP contribution in [0.4, 0.5) is 0 Å². The summed E-state index contributed by atoms with van der Waals surface area (Å²) >= 11 is 0. The van der Waals surface area contributed by atoms with Crippen molar-refractivity contribution in [3.8, 4) is 23.0 Å². The van der Waals surface area contributed by atoms with Crippen LogP contribution in [0.5, 0.6) is 23.0 Å². The number of unbranched alkanes of at least 4 members (excludes halogenated alkanes) is 1. The summed E-state index contributed by atoms with van der Waals surface area (Å²) in [6.07, 6.45) is 5.49. The summed E-state index contributed by atoms with van der Waals surface area (Å²) in [5.74, 6) is 2.70. The van der Waals surface area contributed by atoms with E-state index in [2.05, 4.69) is 91.0 Å². The molecule has 0 aliphatic carbocycles. The van der Waals surface area contributed by atoms with Crippen molar-refractivity contribution in [2.24, 2.45) is 0 Å². The molecule has 232 valence electrons. The Balaban J connectivity index is 1.13. The van der Waals surface area contributed by atoms with Crippen molar-refractivity contribution in [3.63, 3.8) is 0 Å². The quantitative estimate of drug-likeness (QED) is 0.0953. The smallest absolute Gasteiger partial charge is 0.128 e. The number of hydrogen-bond donors (Lipinski definition) is 1. The van der Waals surface area contributed by atoms with Crippen LogP contribution in [-0.2, 0) is 19.3 Å². The minimum atomic E-state index is -0.629. The average Bonchev–Trinajstić information content (AvgIpc) is 3.07. The van der Waals surface area contributed by atoms with Gasteiger partial charge in [-0.15, -0.1) is 0 Å². The van der Waals surface area contributed by atoms with Gasteiger partial charge in [-0.3, -0.25) is 0 Å². The highest BCUT2D eigenvalue weighted by atomic mass is 31.1. The van der Waals surface area contributed by atoms with Crippen LogP contribution in [0.15, 0.2) is 115 Å². The maximum Gasteiger partial charge on any atom is 0.128 e. The molecule has 1 N–H and O–H groups in total. The highest BCUT2D eigenvalue weighted by molar-refractivity contribution is 7.79. The van der Waals surface area contributed by atoms with E-state index in [1.54, 1.807) is 20.3 Å². The lowest BCUT2D eigenvalue weighted by molar-refractivity contribution is 0.305. The fraction of sp³-hybridized carbons (Fsp3) is 0.250. The minimum Gasteiger partial charge on any atom is -0.508 e. The third-order valence-corrected chi connectivity index (χ3v) is 10.7. The molecule has 0 aromatic heterocycles. The Hall–Kier alpha value is -4.27. The predicted octanol–water partition coefficient (Wildman–Crippen LogP) is 8.05. The standard InChI is InChI=1S/C40H43O4P/c1-30-38(42-2)27-25-33(40(30)43-3)18-14-17-31-24-26-34(29-37(31)41)44-28-13-12-16-32-15-10-11-23-39(32)45(35-19-6-4-7-20-35)36-21-8-5-9-22-36/h4-11,15,19-27,29,41H,12-14,16-18,28H2,1-3H3. The van der Waals surface area contributed by atoms with Crippen molar-refractivity contribution in [1.29, 1.82) is 0 Å². The first-order valence-electron chi connectivity index (χ1n) is 15.7. The van der Waals surface area contributed by atoms with E-state index in [0.29, 0.717) is 12.4 Å². The maximum atomic E-state index is 10.7. The highest BCUT2D eigenvalue weighted by Crippen LogP contribution is 2.35. The van der Waals surface area contributed by atoms with Crippen LogP contribution >= 0.6 is 7.92 Å². The number of aryl methyl sites for hydroxylation is 3. The van der Waals surface area contributed by atoms with Crippen molar-refractivity contribution < 1.29 is 19.3 Å². The fourth-order valence-electron chi connectivity index (χ4n) is 5.88. The molecule has 5 heteroatoms. The van der Waals surface area contributed by atoms with Gasteiger partial charge in [0, 0.05) is 11.6 Å². The second-order valence-electron chi connectivity index (χ2n) is 11.2. The van der Waals surface area contributed by atoms with Crippen LogP contribution in [0.25, 0.3) is 0 Å². The van der Waals surface area contributed by atoms with E-state index in [1.165, 1.54) is 21.5 Å².